The summed E-state index contributed by atoms with van der Waals surface area (Å²) in [7, 11) is 0. The Morgan fingerprint density at radius 1 is 0.714 bits per heavy atom. The van der Waals surface area contributed by atoms with Gasteiger partial charge in [0.2, 0.25) is 5.95 Å². The van der Waals surface area contributed by atoms with Crippen LogP contribution in [0.4, 0.5) is 11.8 Å². The van der Waals surface area contributed by atoms with Gasteiger partial charge < -0.3 is 10.6 Å². The summed E-state index contributed by atoms with van der Waals surface area (Å²) in [6.07, 6.45) is 5.35. The van der Waals surface area contributed by atoms with Crippen molar-refractivity contribution in [3.8, 4) is 11.3 Å². The van der Waals surface area contributed by atoms with Gasteiger partial charge in [0.05, 0.1) is 17.9 Å². The van der Waals surface area contributed by atoms with Crippen LogP contribution in [0.3, 0.4) is 0 Å². The fourth-order valence-electron chi connectivity index (χ4n) is 2.74. The second kappa shape index (κ2) is 8.73. The molecule has 0 unspecified atom stereocenters. The zero-order chi connectivity index (χ0) is 19.0. The van der Waals surface area contributed by atoms with Crippen molar-refractivity contribution >= 4 is 11.8 Å². The van der Waals surface area contributed by atoms with Gasteiger partial charge in [0.25, 0.3) is 0 Å². The standard InChI is InChI=1S/C22H20N6/c1-2-6-18(7-3-1)20-14-21(25-15-17-9-12-23-13-10-17)28-22(27-20)26-16-19-8-4-5-11-24-19/h1-14H,15-16H2,(H2,25,26,27,28). The van der Waals surface area contributed by atoms with Crippen LogP contribution in [-0.4, -0.2) is 19.9 Å². The average Bonchev–Trinajstić information content (AvgIpc) is 2.78. The third-order valence-electron chi connectivity index (χ3n) is 4.17. The van der Waals surface area contributed by atoms with Crippen molar-refractivity contribution in [3.05, 3.63) is 96.6 Å². The maximum absolute atomic E-state index is 4.67. The minimum atomic E-state index is 0.558. The Morgan fingerprint density at radius 2 is 1.54 bits per heavy atom. The van der Waals surface area contributed by atoms with Crippen LogP contribution in [0.1, 0.15) is 11.3 Å². The van der Waals surface area contributed by atoms with E-state index in [-0.39, 0.29) is 0 Å². The number of hydrogen-bond donors (Lipinski definition) is 2. The molecule has 0 fully saturated rings. The maximum Gasteiger partial charge on any atom is 0.225 e. The summed E-state index contributed by atoms with van der Waals surface area (Å²) in [5.41, 5.74) is 3.97. The molecule has 6 heteroatoms. The van der Waals surface area contributed by atoms with Crippen molar-refractivity contribution in [1.29, 1.82) is 0 Å². The first-order chi connectivity index (χ1) is 13.9. The van der Waals surface area contributed by atoms with E-state index < -0.39 is 0 Å². The lowest BCUT2D eigenvalue weighted by molar-refractivity contribution is 0.996. The maximum atomic E-state index is 4.67. The minimum Gasteiger partial charge on any atom is -0.366 e. The zero-order valence-corrected chi connectivity index (χ0v) is 15.3. The van der Waals surface area contributed by atoms with Crippen LogP contribution in [0.2, 0.25) is 0 Å². The molecule has 0 aliphatic rings. The molecule has 3 heterocycles. The minimum absolute atomic E-state index is 0.558. The zero-order valence-electron chi connectivity index (χ0n) is 15.3. The Bertz CT molecular complexity index is 945. The highest BCUT2D eigenvalue weighted by Gasteiger charge is 2.07. The second-order valence-corrected chi connectivity index (χ2v) is 6.21. The normalized spacial score (nSPS) is 10.4. The topological polar surface area (TPSA) is 75.6 Å². The van der Waals surface area contributed by atoms with Crippen LogP contribution < -0.4 is 10.6 Å². The number of aromatic nitrogens is 4. The molecular weight excluding hydrogens is 348 g/mol. The molecule has 0 saturated carbocycles. The monoisotopic (exact) mass is 368 g/mol. The predicted octanol–water partition coefficient (Wildman–Crippen LogP) is 4.16. The molecule has 0 aliphatic heterocycles. The Balaban J connectivity index is 1.57. The first kappa shape index (κ1) is 17.6. The lowest BCUT2D eigenvalue weighted by Gasteiger charge is -2.11. The molecule has 0 atom stereocenters. The Kier molecular flexibility index (Phi) is 5.49. The van der Waals surface area contributed by atoms with Crippen LogP contribution in [0.5, 0.6) is 0 Å². The van der Waals surface area contributed by atoms with Crippen molar-refractivity contribution in [2.24, 2.45) is 0 Å². The predicted molar refractivity (Wildman–Crippen MR) is 111 cm³/mol. The van der Waals surface area contributed by atoms with E-state index in [1.165, 1.54) is 0 Å². The molecule has 0 spiro atoms. The molecule has 1 aromatic carbocycles. The Morgan fingerprint density at radius 3 is 2.32 bits per heavy atom. The van der Waals surface area contributed by atoms with Crippen molar-refractivity contribution in [1.82, 2.24) is 19.9 Å². The van der Waals surface area contributed by atoms with Crippen LogP contribution in [-0.2, 0) is 13.1 Å². The van der Waals surface area contributed by atoms with E-state index in [4.69, 9.17) is 0 Å². The van der Waals surface area contributed by atoms with Gasteiger partial charge in [-0.1, -0.05) is 36.4 Å². The Labute approximate surface area is 163 Å². The highest BCUT2D eigenvalue weighted by molar-refractivity contribution is 5.64. The van der Waals surface area contributed by atoms with Gasteiger partial charge in [-0.05, 0) is 29.8 Å². The number of rotatable bonds is 7. The SMILES string of the molecule is c1ccc(-c2cc(NCc3ccncc3)nc(NCc3ccccn3)n2)cc1. The van der Waals surface area contributed by atoms with Crippen molar-refractivity contribution < 1.29 is 0 Å². The third-order valence-corrected chi connectivity index (χ3v) is 4.17. The van der Waals surface area contributed by atoms with Gasteiger partial charge in [0.1, 0.15) is 5.82 Å². The van der Waals surface area contributed by atoms with E-state index >= 15 is 0 Å². The van der Waals surface area contributed by atoms with Crippen LogP contribution in [0.25, 0.3) is 11.3 Å². The van der Waals surface area contributed by atoms with Gasteiger partial charge in [-0.3, -0.25) is 9.97 Å². The summed E-state index contributed by atoms with van der Waals surface area (Å²) in [5, 5.41) is 6.65. The van der Waals surface area contributed by atoms with E-state index in [9.17, 15) is 0 Å². The number of hydrogen-bond acceptors (Lipinski definition) is 6. The Hall–Kier alpha value is -3.80. The van der Waals surface area contributed by atoms with Gasteiger partial charge in [-0.15, -0.1) is 0 Å². The molecule has 0 amide bonds. The number of anilines is 2. The lowest BCUT2D eigenvalue weighted by Crippen LogP contribution is -2.08. The van der Waals surface area contributed by atoms with E-state index in [1.54, 1.807) is 18.6 Å². The highest BCUT2D eigenvalue weighted by atomic mass is 15.1. The summed E-state index contributed by atoms with van der Waals surface area (Å²) in [6, 6.07) is 21.8. The first-order valence-corrected chi connectivity index (χ1v) is 9.08. The van der Waals surface area contributed by atoms with Crippen LogP contribution in [0.15, 0.2) is 85.3 Å². The van der Waals surface area contributed by atoms with Crippen LogP contribution >= 0.6 is 0 Å². The largest absolute Gasteiger partial charge is 0.366 e. The van der Waals surface area contributed by atoms with Gasteiger partial charge >= 0.3 is 0 Å². The summed E-state index contributed by atoms with van der Waals surface area (Å²) < 4.78 is 0. The fraction of sp³-hybridized carbons (Fsp3) is 0.0909. The summed E-state index contributed by atoms with van der Waals surface area (Å²) in [6.45, 7) is 1.22. The molecule has 28 heavy (non-hydrogen) atoms. The van der Waals surface area contributed by atoms with Crippen molar-refractivity contribution in [2.45, 2.75) is 13.1 Å². The highest BCUT2D eigenvalue weighted by Crippen LogP contribution is 2.22. The molecule has 0 radical (unpaired) electrons. The summed E-state index contributed by atoms with van der Waals surface area (Å²) in [4.78, 5) is 17.7. The lowest BCUT2D eigenvalue weighted by atomic mass is 10.1. The van der Waals surface area contributed by atoms with Crippen molar-refractivity contribution in [2.75, 3.05) is 10.6 Å². The smallest absolute Gasteiger partial charge is 0.225 e. The molecule has 0 bridgehead atoms. The second-order valence-electron chi connectivity index (χ2n) is 6.21. The number of benzene rings is 1. The molecule has 4 aromatic rings. The number of nitrogens with one attached hydrogen (secondary N) is 2. The van der Waals surface area contributed by atoms with Crippen molar-refractivity contribution in [3.63, 3.8) is 0 Å². The molecular formula is C22H20N6. The summed E-state index contributed by atoms with van der Waals surface area (Å²) in [5.74, 6) is 1.32. The van der Waals surface area contributed by atoms with E-state index in [0.29, 0.717) is 19.0 Å². The van der Waals surface area contributed by atoms with Gasteiger partial charge in [0.15, 0.2) is 0 Å². The number of pyridine rings is 2. The van der Waals surface area contributed by atoms with Gasteiger partial charge in [-0.2, -0.15) is 4.98 Å². The van der Waals surface area contributed by atoms with E-state index in [0.717, 1.165) is 28.3 Å². The van der Waals surface area contributed by atoms with Gasteiger partial charge in [0, 0.05) is 36.8 Å². The molecule has 138 valence electrons. The molecule has 6 nitrogen and oxygen atoms in total. The van der Waals surface area contributed by atoms with Crippen LogP contribution in [0, 0.1) is 0 Å². The van der Waals surface area contributed by atoms with E-state index in [1.807, 2.05) is 66.7 Å². The third kappa shape index (κ3) is 4.67. The summed E-state index contributed by atoms with van der Waals surface area (Å²) >= 11 is 0. The average molecular weight is 368 g/mol. The molecule has 4 rings (SSSR count). The molecule has 0 aliphatic carbocycles. The quantitative estimate of drug-likeness (QED) is 0.510. The molecule has 3 aromatic heterocycles. The molecule has 0 saturated heterocycles. The first-order valence-electron chi connectivity index (χ1n) is 9.08. The molecule has 2 N–H and O–H groups in total. The number of nitrogens with zero attached hydrogens (tertiary/aromatic N) is 4. The van der Waals surface area contributed by atoms with Gasteiger partial charge in [-0.25, -0.2) is 4.98 Å². The fourth-order valence-corrected chi connectivity index (χ4v) is 2.74. The van der Waals surface area contributed by atoms with E-state index in [2.05, 4.69) is 30.6 Å².